The molecule has 0 saturated heterocycles. The van der Waals surface area contributed by atoms with Crippen LogP contribution in [0.15, 0.2) is 0 Å². The smallest absolute Gasteiger partial charge is 0.0270 e. The van der Waals surface area contributed by atoms with Crippen LogP contribution in [-0.4, -0.2) is 0 Å². The zero-order valence-electron chi connectivity index (χ0n) is 12.1. The highest BCUT2D eigenvalue weighted by molar-refractivity contribution is 4.87. The van der Waals surface area contributed by atoms with Crippen molar-refractivity contribution in [2.24, 2.45) is 23.2 Å². The maximum Gasteiger partial charge on any atom is -0.0270 e. The van der Waals surface area contributed by atoms with Crippen molar-refractivity contribution in [3.8, 4) is 0 Å². The molecule has 3 unspecified atom stereocenters. The molecule has 0 aliphatic rings. The molecule has 15 heavy (non-hydrogen) atoms. The van der Waals surface area contributed by atoms with E-state index in [0.717, 1.165) is 17.8 Å². The summed E-state index contributed by atoms with van der Waals surface area (Å²) in [6.45, 7) is 16.8. The second-order valence-corrected chi connectivity index (χ2v) is 5.82. The lowest BCUT2D eigenvalue weighted by Gasteiger charge is -2.44. The van der Waals surface area contributed by atoms with Crippen molar-refractivity contribution >= 4 is 0 Å². The summed E-state index contributed by atoms with van der Waals surface area (Å²) in [7, 11) is 0. The van der Waals surface area contributed by atoms with Crippen molar-refractivity contribution in [2.75, 3.05) is 0 Å². The fraction of sp³-hybridized carbons (Fsp3) is 1.00. The summed E-state index contributed by atoms with van der Waals surface area (Å²) in [5.74, 6) is 2.55. The second-order valence-electron chi connectivity index (χ2n) is 5.82. The van der Waals surface area contributed by atoms with Crippen molar-refractivity contribution in [3.05, 3.63) is 0 Å². The minimum Gasteiger partial charge on any atom is -0.0654 e. The molecular weight excluding hydrogens is 180 g/mol. The topological polar surface area (TPSA) is 0 Å². The molecule has 0 N–H and O–H groups in total. The Labute approximate surface area is 97.8 Å². The number of hydrogen-bond donors (Lipinski definition) is 0. The fourth-order valence-corrected chi connectivity index (χ4v) is 3.50. The average Bonchev–Trinajstić information content (AvgIpc) is 2.17. The Kier molecular flexibility index (Phi) is 6.55. The Morgan fingerprint density at radius 2 is 1.47 bits per heavy atom. The van der Waals surface area contributed by atoms with Crippen molar-refractivity contribution < 1.29 is 0 Å². The summed E-state index contributed by atoms with van der Waals surface area (Å²) in [5, 5.41) is 0. The van der Waals surface area contributed by atoms with Crippen LogP contribution in [0.25, 0.3) is 0 Å². The summed E-state index contributed by atoms with van der Waals surface area (Å²) in [6.07, 6.45) is 5.36. The van der Waals surface area contributed by atoms with E-state index in [-0.39, 0.29) is 0 Å². The molecule has 0 aromatic heterocycles. The van der Waals surface area contributed by atoms with Gasteiger partial charge in [-0.25, -0.2) is 0 Å². The Morgan fingerprint density at radius 3 is 1.73 bits per heavy atom. The van der Waals surface area contributed by atoms with E-state index in [1.54, 1.807) is 0 Å². The third kappa shape index (κ3) is 3.50. The molecule has 0 aliphatic carbocycles. The highest BCUT2D eigenvalue weighted by atomic mass is 14.4. The van der Waals surface area contributed by atoms with Gasteiger partial charge in [-0.2, -0.15) is 0 Å². The molecule has 0 bridgehead atoms. The molecule has 3 atom stereocenters. The Bertz CT molecular complexity index is 159. The van der Waals surface area contributed by atoms with E-state index in [2.05, 4.69) is 48.5 Å². The zero-order chi connectivity index (χ0) is 12.1. The largest absolute Gasteiger partial charge is 0.0654 e. The standard InChI is InChI=1S/C15H32/c1-8-11-15(7,13(6)9-2)14(10-3)12(4)5/h12-14H,8-11H2,1-7H3. The van der Waals surface area contributed by atoms with E-state index in [0.29, 0.717) is 5.41 Å². The van der Waals surface area contributed by atoms with E-state index in [1.807, 2.05) is 0 Å². The van der Waals surface area contributed by atoms with Gasteiger partial charge in [0.1, 0.15) is 0 Å². The first-order valence-corrected chi connectivity index (χ1v) is 6.93. The maximum absolute atomic E-state index is 2.53. The molecule has 92 valence electrons. The predicted octanol–water partition coefficient (Wildman–Crippen LogP) is 5.52. The first kappa shape index (κ1) is 15.0. The third-order valence-electron chi connectivity index (χ3n) is 4.62. The first-order valence-electron chi connectivity index (χ1n) is 6.93. The molecule has 0 amide bonds. The van der Waals surface area contributed by atoms with Crippen molar-refractivity contribution in [3.63, 3.8) is 0 Å². The van der Waals surface area contributed by atoms with Crippen molar-refractivity contribution in [2.45, 2.75) is 74.1 Å². The van der Waals surface area contributed by atoms with Gasteiger partial charge in [0, 0.05) is 0 Å². The molecule has 0 fully saturated rings. The van der Waals surface area contributed by atoms with Gasteiger partial charge in [-0.1, -0.05) is 67.7 Å². The van der Waals surface area contributed by atoms with Gasteiger partial charge in [0.15, 0.2) is 0 Å². The van der Waals surface area contributed by atoms with Crippen LogP contribution in [-0.2, 0) is 0 Å². The van der Waals surface area contributed by atoms with E-state index < -0.39 is 0 Å². The molecule has 0 radical (unpaired) electrons. The van der Waals surface area contributed by atoms with Gasteiger partial charge in [0.2, 0.25) is 0 Å². The molecule has 0 rings (SSSR count). The van der Waals surface area contributed by atoms with Gasteiger partial charge in [-0.05, 0) is 29.6 Å². The summed E-state index contributed by atoms with van der Waals surface area (Å²) in [5.41, 5.74) is 0.548. The summed E-state index contributed by atoms with van der Waals surface area (Å²) in [6, 6.07) is 0. The normalized spacial score (nSPS) is 20.0. The minimum absolute atomic E-state index is 0.548. The van der Waals surface area contributed by atoms with Crippen LogP contribution >= 0.6 is 0 Å². The van der Waals surface area contributed by atoms with Crippen LogP contribution in [0.5, 0.6) is 0 Å². The Hall–Kier alpha value is 0. The average molecular weight is 212 g/mol. The van der Waals surface area contributed by atoms with E-state index in [9.17, 15) is 0 Å². The van der Waals surface area contributed by atoms with Crippen LogP contribution < -0.4 is 0 Å². The molecule has 0 heterocycles. The number of rotatable bonds is 7. The Balaban J connectivity index is 4.88. The van der Waals surface area contributed by atoms with Gasteiger partial charge in [-0.3, -0.25) is 0 Å². The molecule has 0 heteroatoms. The van der Waals surface area contributed by atoms with Crippen LogP contribution in [0.4, 0.5) is 0 Å². The van der Waals surface area contributed by atoms with Crippen LogP contribution in [0.3, 0.4) is 0 Å². The van der Waals surface area contributed by atoms with Gasteiger partial charge in [0.05, 0.1) is 0 Å². The number of hydrogen-bond acceptors (Lipinski definition) is 0. The lowest BCUT2D eigenvalue weighted by molar-refractivity contribution is 0.0507. The van der Waals surface area contributed by atoms with Crippen LogP contribution in [0.2, 0.25) is 0 Å². The second kappa shape index (κ2) is 6.55. The molecule has 0 aromatic carbocycles. The fourth-order valence-electron chi connectivity index (χ4n) is 3.50. The summed E-state index contributed by atoms with van der Waals surface area (Å²) in [4.78, 5) is 0. The highest BCUT2D eigenvalue weighted by Gasteiger charge is 2.37. The highest BCUT2D eigenvalue weighted by Crippen LogP contribution is 2.46. The zero-order valence-corrected chi connectivity index (χ0v) is 12.1. The molecule has 0 aromatic rings. The Morgan fingerprint density at radius 1 is 0.933 bits per heavy atom. The van der Waals surface area contributed by atoms with Gasteiger partial charge in [-0.15, -0.1) is 0 Å². The molecule has 0 nitrogen and oxygen atoms in total. The minimum atomic E-state index is 0.548. The SMILES string of the molecule is CCCC(C)(C(C)CC)C(CC)C(C)C. The maximum atomic E-state index is 2.53. The molecular formula is C15H32. The lowest BCUT2D eigenvalue weighted by atomic mass is 9.61. The van der Waals surface area contributed by atoms with Crippen molar-refractivity contribution in [1.29, 1.82) is 0 Å². The molecule has 0 spiro atoms. The first-order chi connectivity index (χ1) is 6.93. The van der Waals surface area contributed by atoms with Gasteiger partial charge < -0.3 is 0 Å². The van der Waals surface area contributed by atoms with E-state index in [1.165, 1.54) is 25.7 Å². The summed E-state index contributed by atoms with van der Waals surface area (Å²) < 4.78 is 0. The van der Waals surface area contributed by atoms with Gasteiger partial charge >= 0.3 is 0 Å². The quantitative estimate of drug-likeness (QED) is 0.521. The third-order valence-corrected chi connectivity index (χ3v) is 4.62. The van der Waals surface area contributed by atoms with Crippen LogP contribution in [0.1, 0.15) is 74.1 Å². The van der Waals surface area contributed by atoms with Crippen LogP contribution in [0, 0.1) is 23.2 Å². The lowest BCUT2D eigenvalue weighted by Crippen LogP contribution is -2.36. The van der Waals surface area contributed by atoms with Gasteiger partial charge in [0.25, 0.3) is 0 Å². The van der Waals surface area contributed by atoms with E-state index >= 15 is 0 Å². The van der Waals surface area contributed by atoms with E-state index in [4.69, 9.17) is 0 Å². The monoisotopic (exact) mass is 212 g/mol. The molecule has 0 aliphatic heterocycles. The predicted molar refractivity (Wildman–Crippen MR) is 71.1 cm³/mol. The molecule has 0 saturated carbocycles. The van der Waals surface area contributed by atoms with Crippen molar-refractivity contribution in [1.82, 2.24) is 0 Å². The summed E-state index contributed by atoms with van der Waals surface area (Å²) >= 11 is 0.